The van der Waals surface area contributed by atoms with Gasteiger partial charge in [-0.1, -0.05) is 6.92 Å². The van der Waals surface area contributed by atoms with Gasteiger partial charge in [-0.25, -0.2) is 4.98 Å². The predicted molar refractivity (Wildman–Crippen MR) is 47.0 cm³/mol. The van der Waals surface area contributed by atoms with E-state index in [0.717, 1.165) is 0 Å². The predicted octanol–water partition coefficient (Wildman–Crippen LogP) is 0.867. The molecule has 0 bridgehead atoms. The fraction of sp³-hybridized carbons (Fsp3) is 0.571. The molecule has 3 N–H and O–H groups in total. The number of nitrogens with zero attached hydrogens (tertiary/aromatic N) is 1. The molecule has 0 spiro atoms. The van der Waals surface area contributed by atoms with Crippen molar-refractivity contribution in [3.05, 3.63) is 18.4 Å². The zero-order chi connectivity index (χ0) is 8.27. The highest BCUT2D eigenvalue weighted by atomic mass is 35.5. The highest BCUT2D eigenvalue weighted by Gasteiger charge is 2.18. The van der Waals surface area contributed by atoms with E-state index in [9.17, 15) is 5.11 Å². The highest BCUT2D eigenvalue weighted by Crippen LogP contribution is 2.14. The summed E-state index contributed by atoms with van der Waals surface area (Å²) < 4.78 is 4.88. The van der Waals surface area contributed by atoms with Crippen molar-refractivity contribution in [1.29, 1.82) is 0 Å². The van der Waals surface area contributed by atoms with Gasteiger partial charge in [-0.15, -0.1) is 12.4 Å². The van der Waals surface area contributed by atoms with Gasteiger partial charge in [0, 0.05) is 6.04 Å². The topological polar surface area (TPSA) is 72.3 Å². The van der Waals surface area contributed by atoms with Gasteiger partial charge in [-0.05, 0) is 6.42 Å². The van der Waals surface area contributed by atoms with Crippen LogP contribution >= 0.6 is 12.4 Å². The molecule has 1 aromatic rings. The lowest BCUT2D eigenvalue weighted by atomic mass is 10.1. The van der Waals surface area contributed by atoms with Gasteiger partial charge in [0.2, 0.25) is 5.89 Å². The van der Waals surface area contributed by atoms with Gasteiger partial charge in [0.1, 0.15) is 12.4 Å². The second-order valence-corrected chi connectivity index (χ2v) is 2.39. The molecule has 1 unspecified atom stereocenters. The summed E-state index contributed by atoms with van der Waals surface area (Å²) in [4.78, 5) is 3.79. The van der Waals surface area contributed by atoms with Crippen LogP contribution in [0, 0.1) is 0 Å². The molecule has 0 radical (unpaired) electrons. The van der Waals surface area contributed by atoms with E-state index in [0.29, 0.717) is 12.3 Å². The van der Waals surface area contributed by atoms with E-state index in [4.69, 9.17) is 10.2 Å². The molecule has 5 heteroatoms. The lowest BCUT2D eigenvalue weighted by molar-refractivity contribution is 0.113. The summed E-state index contributed by atoms with van der Waals surface area (Å²) in [6.45, 7) is 1.90. The summed E-state index contributed by atoms with van der Waals surface area (Å²) in [5.74, 6) is 0.291. The van der Waals surface area contributed by atoms with Crippen LogP contribution in [-0.4, -0.2) is 16.1 Å². The van der Waals surface area contributed by atoms with E-state index >= 15 is 0 Å². The van der Waals surface area contributed by atoms with E-state index in [1.54, 1.807) is 0 Å². The molecule has 1 aromatic heterocycles. The van der Waals surface area contributed by atoms with Crippen molar-refractivity contribution in [3.8, 4) is 0 Å². The van der Waals surface area contributed by atoms with Crippen molar-refractivity contribution in [1.82, 2.24) is 4.98 Å². The third-order valence-corrected chi connectivity index (χ3v) is 1.58. The monoisotopic (exact) mass is 192 g/mol. The zero-order valence-electron chi connectivity index (χ0n) is 6.80. The number of hydrogen-bond donors (Lipinski definition) is 2. The summed E-state index contributed by atoms with van der Waals surface area (Å²) in [5, 5.41) is 9.40. The molecular weight excluding hydrogens is 180 g/mol. The zero-order valence-corrected chi connectivity index (χ0v) is 7.62. The minimum atomic E-state index is -0.782. The van der Waals surface area contributed by atoms with Gasteiger partial charge in [0.25, 0.3) is 0 Å². The van der Waals surface area contributed by atoms with Crippen LogP contribution in [0.15, 0.2) is 16.9 Å². The summed E-state index contributed by atoms with van der Waals surface area (Å²) in [6, 6.07) is -0.298. The van der Waals surface area contributed by atoms with Gasteiger partial charge in [0.05, 0.1) is 6.20 Å². The molecule has 0 saturated heterocycles. The van der Waals surface area contributed by atoms with Crippen molar-refractivity contribution in [3.63, 3.8) is 0 Å². The Morgan fingerprint density at radius 2 is 2.42 bits per heavy atom. The third-order valence-electron chi connectivity index (χ3n) is 1.58. The first-order valence-corrected chi connectivity index (χ1v) is 3.58. The minimum absolute atomic E-state index is 0. The van der Waals surface area contributed by atoms with Crippen LogP contribution in [0.3, 0.4) is 0 Å². The normalized spacial score (nSPS) is 14.9. The van der Waals surface area contributed by atoms with E-state index < -0.39 is 6.10 Å². The Balaban J connectivity index is 0.00000121. The second-order valence-electron chi connectivity index (χ2n) is 2.39. The fourth-order valence-electron chi connectivity index (χ4n) is 0.787. The Morgan fingerprint density at radius 1 is 1.75 bits per heavy atom. The standard InChI is InChI=1S/C7H12N2O2.ClH/c1-2-5(8)6(10)7-9-3-4-11-7;/h3-6,10H,2,8H2,1H3;1H/t5?,6-;/m0./s1. The largest absolute Gasteiger partial charge is 0.446 e. The average molecular weight is 193 g/mol. The minimum Gasteiger partial charge on any atom is -0.446 e. The van der Waals surface area contributed by atoms with Crippen LogP contribution in [0.1, 0.15) is 25.3 Å². The van der Waals surface area contributed by atoms with E-state index in [1.165, 1.54) is 12.5 Å². The van der Waals surface area contributed by atoms with E-state index in [-0.39, 0.29) is 18.4 Å². The molecule has 1 heterocycles. The maximum Gasteiger partial charge on any atom is 0.224 e. The Kier molecular flexibility index (Phi) is 4.89. The van der Waals surface area contributed by atoms with Crippen LogP contribution < -0.4 is 5.73 Å². The molecule has 1 rings (SSSR count). The first kappa shape index (κ1) is 11.4. The summed E-state index contributed by atoms with van der Waals surface area (Å²) >= 11 is 0. The maximum absolute atomic E-state index is 9.40. The number of nitrogens with two attached hydrogens (primary N) is 1. The van der Waals surface area contributed by atoms with Crippen LogP contribution in [0.2, 0.25) is 0 Å². The van der Waals surface area contributed by atoms with Crippen LogP contribution in [-0.2, 0) is 0 Å². The molecule has 70 valence electrons. The molecule has 0 amide bonds. The summed E-state index contributed by atoms with van der Waals surface area (Å²) in [5.41, 5.74) is 5.56. The number of rotatable bonds is 3. The maximum atomic E-state index is 9.40. The Hall–Kier alpha value is -0.580. The number of aromatic nitrogens is 1. The van der Waals surface area contributed by atoms with E-state index in [1.807, 2.05) is 6.92 Å². The molecule has 0 aliphatic carbocycles. The molecular formula is C7H13ClN2O2. The SMILES string of the molecule is CCC(N)[C@H](O)c1ncco1.Cl. The van der Waals surface area contributed by atoms with Crippen LogP contribution in [0.4, 0.5) is 0 Å². The van der Waals surface area contributed by atoms with Crippen LogP contribution in [0.25, 0.3) is 0 Å². The number of halogens is 1. The van der Waals surface area contributed by atoms with Crippen molar-refractivity contribution in [2.45, 2.75) is 25.5 Å². The van der Waals surface area contributed by atoms with Crippen molar-refractivity contribution >= 4 is 12.4 Å². The first-order valence-electron chi connectivity index (χ1n) is 3.58. The third kappa shape index (κ3) is 2.48. The number of oxazole rings is 1. The van der Waals surface area contributed by atoms with Crippen molar-refractivity contribution in [2.75, 3.05) is 0 Å². The van der Waals surface area contributed by atoms with Crippen molar-refractivity contribution < 1.29 is 9.52 Å². The molecule has 0 aliphatic rings. The molecule has 12 heavy (non-hydrogen) atoms. The highest BCUT2D eigenvalue weighted by molar-refractivity contribution is 5.85. The molecule has 2 atom stereocenters. The Morgan fingerprint density at radius 3 is 2.83 bits per heavy atom. The van der Waals surface area contributed by atoms with Crippen LogP contribution in [0.5, 0.6) is 0 Å². The average Bonchev–Trinajstić information content (AvgIpc) is 2.53. The Labute approximate surface area is 77.2 Å². The smallest absolute Gasteiger partial charge is 0.224 e. The van der Waals surface area contributed by atoms with Gasteiger partial charge >= 0.3 is 0 Å². The van der Waals surface area contributed by atoms with Gasteiger partial charge in [0.15, 0.2) is 0 Å². The number of aliphatic hydroxyl groups excluding tert-OH is 1. The quantitative estimate of drug-likeness (QED) is 0.746. The lowest BCUT2D eigenvalue weighted by Crippen LogP contribution is -2.27. The van der Waals surface area contributed by atoms with Gasteiger partial charge in [-0.2, -0.15) is 0 Å². The molecule has 0 saturated carbocycles. The van der Waals surface area contributed by atoms with E-state index in [2.05, 4.69) is 4.98 Å². The molecule has 0 aromatic carbocycles. The molecule has 0 aliphatic heterocycles. The van der Waals surface area contributed by atoms with Gasteiger partial charge < -0.3 is 15.3 Å². The summed E-state index contributed by atoms with van der Waals surface area (Å²) in [7, 11) is 0. The fourth-order valence-corrected chi connectivity index (χ4v) is 0.787. The van der Waals surface area contributed by atoms with Crippen molar-refractivity contribution in [2.24, 2.45) is 5.73 Å². The number of hydrogen-bond acceptors (Lipinski definition) is 4. The number of aliphatic hydroxyl groups is 1. The molecule has 0 fully saturated rings. The summed E-state index contributed by atoms with van der Waals surface area (Å²) in [6.07, 6.45) is 2.82. The Bertz CT molecular complexity index is 203. The second kappa shape index (κ2) is 5.13. The first-order chi connectivity index (χ1) is 5.25. The molecule has 4 nitrogen and oxygen atoms in total. The lowest BCUT2D eigenvalue weighted by Gasteiger charge is -2.12. The van der Waals surface area contributed by atoms with Gasteiger partial charge in [-0.3, -0.25) is 0 Å².